The number of aryl methyl sites for hydroxylation is 1. The molecule has 1 aromatic heterocycles. The zero-order chi connectivity index (χ0) is 31.9. The summed E-state index contributed by atoms with van der Waals surface area (Å²) in [4.78, 5) is 25.5. The average Bonchev–Trinajstić information content (AvgIpc) is 2.98. The molecule has 0 bridgehead atoms. The van der Waals surface area contributed by atoms with E-state index in [-0.39, 0.29) is 54.7 Å². The molecular formula is C26H41ClN8O8. The van der Waals surface area contributed by atoms with Crippen molar-refractivity contribution in [1.29, 1.82) is 0 Å². The number of aliphatic imine (C=N–C) groups is 1. The van der Waals surface area contributed by atoms with Crippen molar-refractivity contribution in [3.05, 3.63) is 40.7 Å². The van der Waals surface area contributed by atoms with Crippen molar-refractivity contribution in [2.75, 3.05) is 57.5 Å². The molecule has 0 radical (unpaired) electrons. The van der Waals surface area contributed by atoms with Crippen molar-refractivity contribution in [3.63, 3.8) is 0 Å². The molecule has 0 fully saturated rings. The molecule has 43 heavy (non-hydrogen) atoms. The first-order valence-electron chi connectivity index (χ1n) is 13.5. The first-order valence-corrected chi connectivity index (χ1v) is 13.9. The van der Waals surface area contributed by atoms with Gasteiger partial charge in [0.2, 0.25) is 0 Å². The van der Waals surface area contributed by atoms with Crippen LogP contribution in [0.4, 0.5) is 11.6 Å². The number of hydrogen-bond acceptors (Lipinski definition) is 14. The van der Waals surface area contributed by atoms with Crippen LogP contribution in [0.3, 0.4) is 0 Å². The van der Waals surface area contributed by atoms with Crippen LogP contribution in [0.2, 0.25) is 5.15 Å². The van der Waals surface area contributed by atoms with Crippen LogP contribution in [0, 0.1) is 0 Å². The standard InChI is InChI=1S/C26H41ClN8O8/c27-22-24(29)33-23(28)21(32-22)25(42)34-26(30)31-8-2-1-3-15-4-6-16(7-5-15)43-10-9-35(11-17(38)19(40)13-36)12-18(39)20(41)14-37/h4-7,17-20,36-41H,1-3,8-14H2,(H4,28,29,33)(H3,30,31,34,42)/t17-,18-,19-,20-/m1/s1. The second-order valence-corrected chi connectivity index (χ2v) is 10.1. The summed E-state index contributed by atoms with van der Waals surface area (Å²) < 4.78 is 5.76. The third-order valence-electron chi connectivity index (χ3n) is 6.27. The lowest BCUT2D eigenvalue weighted by atomic mass is 10.1. The largest absolute Gasteiger partial charge is 0.492 e. The average molecular weight is 629 g/mol. The summed E-state index contributed by atoms with van der Waals surface area (Å²) in [6.07, 6.45) is -3.03. The van der Waals surface area contributed by atoms with Crippen LogP contribution < -0.4 is 27.3 Å². The fraction of sp³-hybridized carbons (Fsp3) is 0.538. The van der Waals surface area contributed by atoms with E-state index in [0.29, 0.717) is 18.7 Å². The number of rotatable bonds is 18. The Balaban J connectivity index is 1.76. The molecule has 1 aromatic carbocycles. The van der Waals surface area contributed by atoms with Crippen molar-refractivity contribution in [2.24, 2.45) is 10.7 Å². The number of carbonyl (C=O) groups is 1. The lowest BCUT2D eigenvalue weighted by Gasteiger charge is -2.29. The minimum absolute atomic E-state index is 0.0918. The lowest BCUT2D eigenvalue weighted by Crippen LogP contribution is -2.47. The first kappa shape index (κ1) is 35.8. The summed E-state index contributed by atoms with van der Waals surface area (Å²) in [6.45, 7) is -0.681. The number of nitrogens with zero attached hydrogens (tertiary/aromatic N) is 4. The minimum Gasteiger partial charge on any atom is -0.492 e. The Bertz CT molecular complexity index is 1160. The molecule has 240 valence electrons. The number of halogens is 1. The number of guanidine groups is 1. The predicted molar refractivity (Wildman–Crippen MR) is 159 cm³/mol. The van der Waals surface area contributed by atoms with Gasteiger partial charge in [-0.15, -0.1) is 0 Å². The Labute approximate surface area is 253 Å². The Kier molecular flexibility index (Phi) is 15.3. The van der Waals surface area contributed by atoms with E-state index < -0.39 is 43.5 Å². The smallest absolute Gasteiger partial charge is 0.280 e. The molecule has 1 amide bonds. The number of ether oxygens (including phenoxy) is 1. The van der Waals surface area contributed by atoms with Gasteiger partial charge in [-0.25, -0.2) is 9.97 Å². The fourth-order valence-corrected chi connectivity index (χ4v) is 3.91. The zero-order valence-electron chi connectivity index (χ0n) is 23.6. The summed E-state index contributed by atoms with van der Waals surface area (Å²) in [5, 5.41) is 59.7. The molecule has 0 saturated carbocycles. The highest BCUT2D eigenvalue weighted by Gasteiger charge is 2.24. The van der Waals surface area contributed by atoms with Crippen molar-refractivity contribution in [1.82, 2.24) is 20.2 Å². The molecule has 0 aliphatic rings. The highest BCUT2D eigenvalue weighted by atomic mass is 35.5. The van der Waals surface area contributed by atoms with Crippen molar-refractivity contribution < 1.29 is 40.2 Å². The van der Waals surface area contributed by atoms with Gasteiger partial charge < -0.3 is 52.6 Å². The van der Waals surface area contributed by atoms with Crippen LogP contribution in [0.5, 0.6) is 5.75 Å². The van der Waals surface area contributed by atoms with Crippen molar-refractivity contribution >= 4 is 35.1 Å². The van der Waals surface area contributed by atoms with E-state index in [0.717, 1.165) is 18.4 Å². The van der Waals surface area contributed by atoms with Crippen LogP contribution in [0.1, 0.15) is 28.9 Å². The number of aromatic nitrogens is 2. The number of anilines is 2. The Morgan fingerprint density at radius 3 is 2.14 bits per heavy atom. The first-order chi connectivity index (χ1) is 20.4. The van der Waals surface area contributed by atoms with Gasteiger partial charge in [-0.05, 0) is 37.0 Å². The molecule has 13 N–H and O–H groups in total. The van der Waals surface area contributed by atoms with Gasteiger partial charge in [0.15, 0.2) is 28.4 Å². The van der Waals surface area contributed by atoms with E-state index in [9.17, 15) is 25.2 Å². The second-order valence-electron chi connectivity index (χ2n) is 9.70. The summed E-state index contributed by atoms with van der Waals surface area (Å²) in [7, 11) is 0. The predicted octanol–water partition coefficient (Wildman–Crippen LogP) is -2.53. The molecule has 0 unspecified atom stereocenters. The van der Waals surface area contributed by atoms with Gasteiger partial charge in [0.1, 0.15) is 24.6 Å². The van der Waals surface area contributed by atoms with E-state index in [1.165, 1.54) is 0 Å². The van der Waals surface area contributed by atoms with Gasteiger partial charge in [0, 0.05) is 26.2 Å². The highest BCUT2D eigenvalue weighted by Crippen LogP contribution is 2.17. The number of hydrogen-bond donors (Lipinski definition) is 10. The van der Waals surface area contributed by atoms with E-state index in [4.69, 9.17) is 43.8 Å². The number of aliphatic hydroxyl groups excluding tert-OH is 6. The number of nitrogen functional groups attached to an aromatic ring is 2. The molecule has 4 atom stereocenters. The lowest BCUT2D eigenvalue weighted by molar-refractivity contribution is -0.0551. The van der Waals surface area contributed by atoms with Crippen LogP contribution >= 0.6 is 11.6 Å². The molecule has 0 aliphatic carbocycles. The Morgan fingerprint density at radius 1 is 0.953 bits per heavy atom. The summed E-state index contributed by atoms with van der Waals surface area (Å²) in [6, 6.07) is 7.43. The topological polar surface area (TPSA) is 279 Å². The number of nitrogens with one attached hydrogen (secondary N) is 1. The van der Waals surface area contributed by atoms with Crippen LogP contribution in [0.15, 0.2) is 29.3 Å². The van der Waals surface area contributed by atoms with E-state index >= 15 is 0 Å². The van der Waals surface area contributed by atoms with Gasteiger partial charge in [0.25, 0.3) is 5.91 Å². The number of benzene rings is 1. The number of nitrogens with two attached hydrogens (primary N) is 3. The maximum absolute atomic E-state index is 12.3. The normalized spacial score (nSPS) is 14.7. The number of amides is 1. The van der Waals surface area contributed by atoms with Gasteiger partial charge in [-0.3, -0.25) is 20.0 Å². The maximum Gasteiger partial charge on any atom is 0.280 e. The third kappa shape index (κ3) is 12.4. The van der Waals surface area contributed by atoms with E-state index in [1.807, 2.05) is 12.1 Å². The molecular weight excluding hydrogens is 588 g/mol. The number of unbranched alkanes of at least 4 members (excludes halogenated alkanes) is 1. The summed E-state index contributed by atoms with van der Waals surface area (Å²) >= 11 is 5.79. The van der Waals surface area contributed by atoms with E-state index in [1.54, 1.807) is 17.0 Å². The third-order valence-corrected chi connectivity index (χ3v) is 6.55. The maximum atomic E-state index is 12.3. The van der Waals surface area contributed by atoms with E-state index in [2.05, 4.69) is 20.3 Å². The Hall–Kier alpha value is -3.35. The molecule has 1 heterocycles. The molecule has 0 saturated heterocycles. The fourth-order valence-electron chi connectivity index (χ4n) is 3.78. The van der Waals surface area contributed by atoms with Crippen molar-refractivity contribution in [3.8, 4) is 5.75 Å². The van der Waals surface area contributed by atoms with Crippen LogP contribution in [-0.4, -0.2) is 128 Å². The monoisotopic (exact) mass is 628 g/mol. The SMILES string of the molecule is NC(=NCCCCc1ccc(OCCN(C[C@@H](O)[C@H](O)CO)C[C@@H](O)[C@H](O)CO)cc1)NC(=O)c1nc(Cl)c(N)nc1N. The molecule has 16 nitrogen and oxygen atoms in total. The van der Waals surface area contributed by atoms with Gasteiger partial charge in [-0.1, -0.05) is 23.7 Å². The molecule has 17 heteroatoms. The summed E-state index contributed by atoms with van der Waals surface area (Å²) in [5.74, 6) is -0.491. The number of carbonyl (C=O) groups excluding carboxylic acids is 1. The van der Waals surface area contributed by atoms with Crippen molar-refractivity contribution in [2.45, 2.75) is 43.7 Å². The van der Waals surface area contributed by atoms with Gasteiger partial charge >= 0.3 is 0 Å². The van der Waals surface area contributed by atoms with Crippen LogP contribution in [-0.2, 0) is 6.42 Å². The molecule has 2 rings (SSSR count). The molecule has 0 spiro atoms. The van der Waals surface area contributed by atoms with Gasteiger partial charge in [-0.2, -0.15) is 0 Å². The van der Waals surface area contributed by atoms with Gasteiger partial charge in [0.05, 0.1) is 25.4 Å². The Morgan fingerprint density at radius 2 is 1.56 bits per heavy atom. The quantitative estimate of drug-likeness (QED) is 0.0463. The molecule has 0 aliphatic heterocycles. The summed E-state index contributed by atoms with van der Waals surface area (Å²) in [5.41, 5.74) is 17.8. The molecule has 2 aromatic rings. The second kappa shape index (κ2) is 18.3. The number of aliphatic hydroxyl groups is 6. The highest BCUT2D eigenvalue weighted by molar-refractivity contribution is 6.31. The minimum atomic E-state index is -1.36. The zero-order valence-corrected chi connectivity index (χ0v) is 24.3. The van der Waals surface area contributed by atoms with Crippen LogP contribution in [0.25, 0.3) is 0 Å².